The molecule has 0 heterocycles. The first-order valence-corrected chi connectivity index (χ1v) is 9.93. The molecule has 2 saturated carbocycles. The highest BCUT2D eigenvalue weighted by Crippen LogP contribution is 2.28. The summed E-state index contributed by atoms with van der Waals surface area (Å²) in [6.07, 6.45) is 7.55. The van der Waals surface area contributed by atoms with E-state index in [2.05, 4.69) is 10.6 Å². The smallest absolute Gasteiger partial charge is 0.335 e. The molecule has 0 aromatic heterocycles. The fraction of sp³-hybridized carbons (Fsp3) is 0.571. The Morgan fingerprint density at radius 2 is 1.59 bits per heavy atom. The monoisotopic (exact) mass is 372 g/mol. The van der Waals surface area contributed by atoms with Crippen LogP contribution in [0.15, 0.2) is 24.3 Å². The quantitative estimate of drug-likeness (QED) is 0.715. The Labute approximate surface area is 159 Å². The van der Waals surface area contributed by atoms with Gasteiger partial charge in [-0.2, -0.15) is 0 Å². The number of carbonyl (C=O) groups excluding carboxylic acids is 2. The first-order valence-electron chi connectivity index (χ1n) is 9.93. The number of carboxylic acids is 1. The highest BCUT2D eigenvalue weighted by molar-refractivity contribution is 5.87. The molecule has 3 rings (SSSR count). The van der Waals surface area contributed by atoms with E-state index in [0.29, 0.717) is 6.54 Å². The van der Waals surface area contributed by atoms with Crippen molar-refractivity contribution in [2.45, 2.75) is 64.0 Å². The van der Waals surface area contributed by atoms with Crippen molar-refractivity contribution in [3.63, 3.8) is 0 Å². The third-order valence-corrected chi connectivity index (χ3v) is 5.81. The summed E-state index contributed by atoms with van der Waals surface area (Å²) in [7, 11) is 0. The molecule has 0 unspecified atom stereocenters. The van der Waals surface area contributed by atoms with Crippen molar-refractivity contribution < 1.29 is 19.5 Å². The average molecular weight is 372 g/mol. The molecular formula is C21H28N2O4. The van der Waals surface area contributed by atoms with Crippen LogP contribution in [0, 0.1) is 11.8 Å². The number of aromatic carboxylic acids is 1. The van der Waals surface area contributed by atoms with Crippen LogP contribution in [0.4, 0.5) is 0 Å². The van der Waals surface area contributed by atoms with Gasteiger partial charge in [0.1, 0.15) is 0 Å². The summed E-state index contributed by atoms with van der Waals surface area (Å²) in [5.41, 5.74) is 1.00. The Kier molecular flexibility index (Phi) is 6.48. The second-order valence-electron chi connectivity index (χ2n) is 7.76. The minimum atomic E-state index is -0.971. The summed E-state index contributed by atoms with van der Waals surface area (Å²) in [6, 6.07) is 6.80. The van der Waals surface area contributed by atoms with Crippen LogP contribution >= 0.6 is 0 Å². The van der Waals surface area contributed by atoms with E-state index in [4.69, 9.17) is 5.11 Å². The van der Waals surface area contributed by atoms with Crippen molar-refractivity contribution in [3.8, 4) is 0 Å². The van der Waals surface area contributed by atoms with Crippen LogP contribution in [0.5, 0.6) is 0 Å². The third-order valence-electron chi connectivity index (χ3n) is 5.81. The van der Waals surface area contributed by atoms with E-state index in [0.717, 1.165) is 56.9 Å². The molecule has 2 aliphatic carbocycles. The van der Waals surface area contributed by atoms with Crippen LogP contribution in [-0.2, 0) is 16.1 Å². The second kappa shape index (κ2) is 9.02. The van der Waals surface area contributed by atoms with Crippen LogP contribution in [0.1, 0.15) is 67.3 Å². The Bertz CT molecular complexity index is 689. The van der Waals surface area contributed by atoms with Crippen LogP contribution in [0.2, 0.25) is 0 Å². The molecule has 2 fully saturated rings. The van der Waals surface area contributed by atoms with Gasteiger partial charge < -0.3 is 15.7 Å². The molecule has 0 aliphatic heterocycles. The third kappa shape index (κ3) is 5.31. The van der Waals surface area contributed by atoms with Gasteiger partial charge in [0.2, 0.25) is 11.8 Å². The lowest BCUT2D eigenvalue weighted by Crippen LogP contribution is -2.42. The maximum Gasteiger partial charge on any atom is 0.335 e. The maximum absolute atomic E-state index is 12.4. The standard InChI is InChI=1S/C21H28N2O4/c24-19(22-13-14-4-3-7-17(12-14)21(26)27)16-8-10-18(11-9-16)23-20(25)15-5-1-2-6-15/h3-4,7,12,15-16,18H,1-2,5-6,8-11,13H2,(H,22,24)(H,23,25)(H,26,27). The number of hydrogen-bond donors (Lipinski definition) is 3. The van der Waals surface area contributed by atoms with Crippen LogP contribution in [-0.4, -0.2) is 28.9 Å². The van der Waals surface area contributed by atoms with Crippen molar-refractivity contribution in [1.82, 2.24) is 10.6 Å². The molecule has 0 saturated heterocycles. The van der Waals surface area contributed by atoms with E-state index in [1.165, 1.54) is 6.07 Å². The van der Waals surface area contributed by atoms with Crippen molar-refractivity contribution in [3.05, 3.63) is 35.4 Å². The molecule has 2 aliphatic rings. The first-order chi connectivity index (χ1) is 13.0. The molecule has 0 radical (unpaired) electrons. The van der Waals surface area contributed by atoms with Crippen LogP contribution in [0.3, 0.4) is 0 Å². The number of carboxylic acid groups (broad SMARTS) is 1. The fourth-order valence-electron chi connectivity index (χ4n) is 4.15. The van der Waals surface area contributed by atoms with Gasteiger partial charge in [0.05, 0.1) is 5.56 Å². The van der Waals surface area contributed by atoms with E-state index in [1.54, 1.807) is 12.1 Å². The zero-order valence-corrected chi connectivity index (χ0v) is 15.6. The van der Waals surface area contributed by atoms with Gasteiger partial charge >= 0.3 is 5.97 Å². The molecule has 3 N–H and O–H groups in total. The highest BCUT2D eigenvalue weighted by atomic mass is 16.4. The van der Waals surface area contributed by atoms with E-state index in [-0.39, 0.29) is 35.3 Å². The summed E-state index contributed by atoms with van der Waals surface area (Å²) in [4.78, 5) is 35.7. The summed E-state index contributed by atoms with van der Waals surface area (Å²) < 4.78 is 0. The number of rotatable bonds is 6. The lowest BCUT2D eigenvalue weighted by molar-refractivity contribution is -0.126. The average Bonchev–Trinajstić information content (AvgIpc) is 3.22. The number of amides is 2. The van der Waals surface area contributed by atoms with Gasteiger partial charge in [0.25, 0.3) is 0 Å². The minimum Gasteiger partial charge on any atom is -0.478 e. The summed E-state index contributed by atoms with van der Waals surface area (Å²) >= 11 is 0. The summed E-state index contributed by atoms with van der Waals surface area (Å²) in [5.74, 6) is -0.615. The number of nitrogens with one attached hydrogen (secondary N) is 2. The van der Waals surface area contributed by atoms with E-state index in [1.807, 2.05) is 6.07 Å². The Balaban J connectivity index is 1.41. The first kappa shape index (κ1) is 19.4. The van der Waals surface area contributed by atoms with Gasteiger partial charge in [-0.1, -0.05) is 25.0 Å². The van der Waals surface area contributed by atoms with E-state index < -0.39 is 5.97 Å². The molecule has 146 valence electrons. The van der Waals surface area contributed by atoms with Gasteiger partial charge in [-0.05, 0) is 56.2 Å². The zero-order chi connectivity index (χ0) is 19.2. The normalized spacial score (nSPS) is 23.0. The number of hydrogen-bond acceptors (Lipinski definition) is 3. The maximum atomic E-state index is 12.4. The summed E-state index contributed by atoms with van der Waals surface area (Å²) in [5, 5.41) is 15.1. The molecule has 2 amide bonds. The van der Waals surface area contributed by atoms with Crippen molar-refractivity contribution in [1.29, 1.82) is 0 Å². The predicted octanol–water partition coefficient (Wildman–Crippen LogP) is 2.87. The van der Waals surface area contributed by atoms with Gasteiger partial charge in [-0.25, -0.2) is 4.79 Å². The minimum absolute atomic E-state index is 0.0105. The topological polar surface area (TPSA) is 95.5 Å². The van der Waals surface area contributed by atoms with Crippen LogP contribution in [0.25, 0.3) is 0 Å². The van der Waals surface area contributed by atoms with Crippen molar-refractivity contribution >= 4 is 17.8 Å². The molecule has 1 aromatic carbocycles. The molecule has 6 nitrogen and oxygen atoms in total. The van der Waals surface area contributed by atoms with E-state index in [9.17, 15) is 14.4 Å². The Hall–Kier alpha value is -2.37. The zero-order valence-electron chi connectivity index (χ0n) is 15.6. The lowest BCUT2D eigenvalue weighted by atomic mass is 9.85. The fourth-order valence-corrected chi connectivity index (χ4v) is 4.15. The lowest BCUT2D eigenvalue weighted by Gasteiger charge is -2.29. The summed E-state index contributed by atoms with van der Waals surface area (Å²) in [6.45, 7) is 0.332. The second-order valence-corrected chi connectivity index (χ2v) is 7.76. The van der Waals surface area contributed by atoms with Gasteiger partial charge in [0, 0.05) is 24.4 Å². The Morgan fingerprint density at radius 1 is 0.926 bits per heavy atom. The van der Waals surface area contributed by atoms with Crippen LogP contribution < -0.4 is 10.6 Å². The van der Waals surface area contributed by atoms with Crippen molar-refractivity contribution in [2.24, 2.45) is 11.8 Å². The van der Waals surface area contributed by atoms with Crippen molar-refractivity contribution in [2.75, 3.05) is 0 Å². The molecule has 1 aromatic rings. The molecular weight excluding hydrogens is 344 g/mol. The number of carbonyl (C=O) groups is 3. The molecule has 6 heteroatoms. The SMILES string of the molecule is O=C(O)c1cccc(CNC(=O)C2CCC(NC(=O)C3CCCC3)CC2)c1. The molecule has 0 atom stereocenters. The highest BCUT2D eigenvalue weighted by Gasteiger charge is 2.29. The largest absolute Gasteiger partial charge is 0.478 e. The Morgan fingerprint density at radius 3 is 2.26 bits per heavy atom. The van der Waals surface area contributed by atoms with Gasteiger partial charge in [0.15, 0.2) is 0 Å². The molecule has 27 heavy (non-hydrogen) atoms. The molecule has 0 spiro atoms. The predicted molar refractivity (Wildman–Crippen MR) is 101 cm³/mol. The molecule has 0 bridgehead atoms. The number of benzene rings is 1. The van der Waals surface area contributed by atoms with Gasteiger partial charge in [-0.15, -0.1) is 0 Å². The van der Waals surface area contributed by atoms with Gasteiger partial charge in [-0.3, -0.25) is 9.59 Å². The van der Waals surface area contributed by atoms with E-state index >= 15 is 0 Å².